The van der Waals surface area contributed by atoms with Crippen LogP contribution in [0.4, 0.5) is 4.39 Å². The third-order valence-corrected chi connectivity index (χ3v) is 3.50. The van der Waals surface area contributed by atoms with Crippen molar-refractivity contribution < 1.29 is 9.18 Å². The fraction of sp³-hybridized carbons (Fsp3) is 0.500. The molecular formula is C14H19FN2O. The number of nitrogens with one attached hydrogen (secondary N) is 2. The lowest BCUT2D eigenvalue weighted by Crippen LogP contribution is -2.54. The Kier molecular flexibility index (Phi) is 3.97. The third-order valence-electron chi connectivity index (χ3n) is 3.50. The number of carbonyl (C=O) groups is 1. The van der Waals surface area contributed by atoms with E-state index in [9.17, 15) is 9.18 Å². The van der Waals surface area contributed by atoms with Crippen molar-refractivity contribution in [3.63, 3.8) is 0 Å². The normalized spacial score (nSPS) is 27.8. The van der Waals surface area contributed by atoms with Crippen LogP contribution in [0.1, 0.15) is 37.0 Å². The van der Waals surface area contributed by atoms with Crippen molar-refractivity contribution in [3.05, 3.63) is 35.6 Å². The Hall–Kier alpha value is -1.42. The molecular weight excluding hydrogens is 231 g/mol. The van der Waals surface area contributed by atoms with E-state index < -0.39 is 5.82 Å². The van der Waals surface area contributed by atoms with E-state index >= 15 is 0 Å². The van der Waals surface area contributed by atoms with Crippen molar-refractivity contribution in [2.75, 3.05) is 0 Å². The van der Waals surface area contributed by atoms with Crippen LogP contribution >= 0.6 is 0 Å². The zero-order valence-electron chi connectivity index (χ0n) is 10.7. The van der Waals surface area contributed by atoms with Crippen molar-refractivity contribution in [1.82, 2.24) is 10.6 Å². The first kappa shape index (κ1) is 13.0. The Bertz CT molecular complexity index is 436. The van der Waals surface area contributed by atoms with Gasteiger partial charge in [0.05, 0.1) is 5.56 Å². The largest absolute Gasteiger partial charge is 0.348 e. The van der Waals surface area contributed by atoms with Gasteiger partial charge < -0.3 is 10.6 Å². The summed E-state index contributed by atoms with van der Waals surface area (Å²) in [5.41, 5.74) is 0.114. The Labute approximate surface area is 107 Å². The molecule has 1 aliphatic rings. The second-order valence-corrected chi connectivity index (χ2v) is 4.99. The molecule has 0 saturated carbocycles. The maximum atomic E-state index is 13.5. The molecule has 98 valence electrons. The standard InChI is InChI=1S/C14H19FN2O/c1-9-7-8-13(10(2)16-9)17-14(18)11-5-3-4-6-12(11)15/h3-6,9-10,13,16H,7-8H2,1-2H3,(H,17,18). The van der Waals surface area contributed by atoms with Gasteiger partial charge in [-0.05, 0) is 38.8 Å². The van der Waals surface area contributed by atoms with E-state index in [0.29, 0.717) is 6.04 Å². The summed E-state index contributed by atoms with van der Waals surface area (Å²) < 4.78 is 13.5. The van der Waals surface area contributed by atoms with Crippen LogP contribution in [0.3, 0.4) is 0 Å². The summed E-state index contributed by atoms with van der Waals surface area (Å²) in [5.74, 6) is -0.805. The first-order chi connectivity index (χ1) is 8.58. The van der Waals surface area contributed by atoms with Crippen molar-refractivity contribution >= 4 is 5.91 Å². The second-order valence-electron chi connectivity index (χ2n) is 4.99. The highest BCUT2D eigenvalue weighted by atomic mass is 19.1. The SMILES string of the molecule is CC1CCC(NC(=O)c2ccccc2F)C(C)N1. The van der Waals surface area contributed by atoms with E-state index in [1.165, 1.54) is 12.1 Å². The molecule has 0 aliphatic carbocycles. The number of piperidine rings is 1. The number of hydrogen-bond acceptors (Lipinski definition) is 2. The Morgan fingerprint density at radius 2 is 2.06 bits per heavy atom. The molecule has 0 bridgehead atoms. The number of carbonyl (C=O) groups excluding carboxylic acids is 1. The van der Waals surface area contributed by atoms with Crippen LogP contribution in [0.25, 0.3) is 0 Å². The summed E-state index contributed by atoms with van der Waals surface area (Å²) in [6.45, 7) is 4.17. The molecule has 1 aliphatic heterocycles. The molecule has 1 aromatic rings. The van der Waals surface area contributed by atoms with Crippen LogP contribution in [0, 0.1) is 5.82 Å². The van der Waals surface area contributed by atoms with Crippen molar-refractivity contribution in [2.45, 2.75) is 44.8 Å². The zero-order chi connectivity index (χ0) is 13.1. The molecule has 0 spiro atoms. The van der Waals surface area contributed by atoms with Crippen molar-refractivity contribution in [1.29, 1.82) is 0 Å². The van der Waals surface area contributed by atoms with Gasteiger partial charge in [-0.25, -0.2) is 4.39 Å². The Balaban J connectivity index is 2.02. The number of rotatable bonds is 2. The highest BCUT2D eigenvalue weighted by molar-refractivity contribution is 5.94. The summed E-state index contributed by atoms with van der Waals surface area (Å²) in [6.07, 6.45) is 1.95. The molecule has 1 saturated heterocycles. The maximum Gasteiger partial charge on any atom is 0.254 e. The average Bonchev–Trinajstić information content (AvgIpc) is 2.33. The van der Waals surface area contributed by atoms with Gasteiger partial charge in [0, 0.05) is 18.1 Å². The van der Waals surface area contributed by atoms with E-state index in [1.54, 1.807) is 12.1 Å². The number of hydrogen-bond donors (Lipinski definition) is 2. The van der Waals surface area contributed by atoms with Gasteiger partial charge >= 0.3 is 0 Å². The lowest BCUT2D eigenvalue weighted by molar-refractivity contribution is 0.0910. The summed E-state index contributed by atoms with van der Waals surface area (Å²) in [7, 11) is 0. The summed E-state index contributed by atoms with van der Waals surface area (Å²) in [6, 6.07) is 6.81. The number of benzene rings is 1. The molecule has 1 fully saturated rings. The van der Waals surface area contributed by atoms with E-state index in [-0.39, 0.29) is 23.6 Å². The molecule has 18 heavy (non-hydrogen) atoms. The molecule has 0 radical (unpaired) electrons. The molecule has 3 unspecified atom stereocenters. The summed E-state index contributed by atoms with van der Waals surface area (Å²) >= 11 is 0. The van der Waals surface area contributed by atoms with E-state index in [2.05, 4.69) is 17.6 Å². The van der Waals surface area contributed by atoms with E-state index in [1.807, 2.05) is 6.92 Å². The van der Waals surface area contributed by atoms with Crippen LogP contribution in [0.15, 0.2) is 24.3 Å². The van der Waals surface area contributed by atoms with E-state index in [0.717, 1.165) is 12.8 Å². The highest BCUT2D eigenvalue weighted by Crippen LogP contribution is 2.14. The van der Waals surface area contributed by atoms with Crippen LogP contribution in [-0.2, 0) is 0 Å². The van der Waals surface area contributed by atoms with Gasteiger partial charge in [0.1, 0.15) is 5.82 Å². The summed E-state index contributed by atoms with van der Waals surface area (Å²) in [4.78, 5) is 12.0. The van der Waals surface area contributed by atoms with Gasteiger partial charge in [0.25, 0.3) is 5.91 Å². The Morgan fingerprint density at radius 1 is 1.33 bits per heavy atom. The van der Waals surface area contributed by atoms with Crippen molar-refractivity contribution in [2.24, 2.45) is 0 Å². The third kappa shape index (κ3) is 2.88. The molecule has 1 aromatic carbocycles. The first-order valence-corrected chi connectivity index (χ1v) is 6.39. The fourth-order valence-electron chi connectivity index (χ4n) is 2.42. The predicted molar refractivity (Wildman–Crippen MR) is 68.9 cm³/mol. The maximum absolute atomic E-state index is 13.5. The van der Waals surface area contributed by atoms with E-state index in [4.69, 9.17) is 0 Å². The molecule has 3 nitrogen and oxygen atoms in total. The minimum atomic E-state index is -0.472. The highest BCUT2D eigenvalue weighted by Gasteiger charge is 2.26. The fourth-order valence-corrected chi connectivity index (χ4v) is 2.42. The minimum Gasteiger partial charge on any atom is -0.348 e. The first-order valence-electron chi connectivity index (χ1n) is 6.39. The lowest BCUT2D eigenvalue weighted by atomic mass is 9.95. The van der Waals surface area contributed by atoms with Gasteiger partial charge in [-0.15, -0.1) is 0 Å². The van der Waals surface area contributed by atoms with Gasteiger partial charge in [0.15, 0.2) is 0 Å². The molecule has 2 N–H and O–H groups in total. The van der Waals surface area contributed by atoms with Gasteiger partial charge in [-0.2, -0.15) is 0 Å². The minimum absolute atomic E-state index is 0.0632. The molecule has 1 heterocycles. The molecule has 1 amide bonds. The lowest BCUT2D eigenvalue weighted by Gasteiger charge is -2.34. The van der Waals surface area contributed by atoms with Crippen molar-refractivity contribution in [3.8, 4) is 0 Å². The zero-order valence-corrected chi connectivity index (χ0v) is 10.7. The quantitative estimate of drug-likeness (QED) is 0.844. The van der Waals surface area contributed by atoms with Crippen LogP contribution in [0.5, 0.6) is 0 Å². The second kappa shape index (κ2) is 5.48. The van der Waals surface area contributed by atoms with Crippen LogP contribution < -0.4 is 10.6 Å². The smallest absolute Gasteiger partial charge is 0.254 e. The average molecular weight is 250 g/mol. The van der Waals surface area contributed by atoms with Crippen LogP contribution in [-0.4, -0.2) is 24.0 Å². The van der Waals surface area contributed by atoms with Gasteiger partial charge in [0.2, 0.25) is 0 Å². The van der Waals surface area contributed by atoms with Gasteiger partial charge in [-0.3, -0.25) is 4.79 Å². The molecule has 4 heteroatoms. The molecule has 2 rings (SSSR count). The monoisotopic (exact) mass is 250 g/mol. The topological polar surface area (TPSA) is 41.1 Å². The predicted octanol–water partition coefficient (Wildman–Crippen LogP) is 2.08. The Morgan fingerprint density at radius 3 is 2.72 bits per heavy atom. The van der Waals surface area contributed by atoms with Gasteiger partial charge in [-0.1, -0.05) is 12.1 Å². The summed E-state index contributed by atoms with van der Waals surface area (Å²) in [5, 5.41) is 6.30. The number of halogens is 1. The molecule has 3 atom stereocenters. The number of amides is 1. The van der Waals surface area contributed by atoms with Crippen LogP contribution in [0.2, 0.25) is 0 Å². The molecule has 0 aromatic heterocycles.